The number of rotatable bonds is 6. The molecule has 0 aromatic heterocycles. The van der Waals surface area contributed by atoms with Crippen LogP contribution in [0, 0.1) is 25.7 Å². The quantitative estimate of drug-likeness (QED) is 0.726. The summed E-state index contributed by atoms with van der Waals surface area (Å²) >= 11 is 0. The first-order valence-corrected chi connectivity index (χ1v) is 11.4. The Morgan fingerprint density at radius 2 is 1.93 bits per heavy atom. The Hall–Kier alpha value is -1.15. The molecule has 1 unspecified atom stereocenters. The van der Waals surface area contributed by atoms with Crippen LogP contribution >= 0.6 is 12.4 Å². The van der Waals surface area contributed by atoms with Gasteiger partial charge in [-0.3, -0.25) is 4.79 Å². The minimum atomic E-state index is -3.49. The Labute approximate surface area is 174 Å². The second kappa shape index (κ2) is 10.1. The van der Waals surface area contributed by atoms with Gasteiger partial charge in [0.05, 0.1) is 4.90 Å². The Balaban J connectivity index is 0.00000280. The maximum Gasteiger partial charge on any atom is 0.243 e. The van der Waals surface area contributed by atoms with E-state index >= 15 is 0 Å². The Bertz CT molecular complexity index is 771. The molecule has 0 aliphatic carbocycles. The van der Waals surface area contributed by atoms with E-state index in [-0.39, 0.29) is 24.2 Å². The van der Waals surface area contributed by atoms with Gasteiger partial charge in [0.2, 0.25) is 15.9 Å². The van der Waals surface area contributed by atoms with Gasteiger partial charge in [0.1, 0.15) is 0 Å². The molecular formula is C20H32ClN3O3S. The molecule has 2 saturated heterocycles. The number of benzene rings is 1. The summed E-state index contributed by atoms with van der Waals surface area (Å²) in [5, 5.41) is 6.38. The lowest BCUT2D eigenvalue weighted by Crippen LogP contribution is -2.43. The number of carbonyl (C=O) groups excluding carboxylic acids is 1. The number of hydrogen-bond acceptors (Lipinski definition) is 4. The van der Waals surface area contributed by atoms with Crippen molar-refractivity contribution >= 4 is 28.3 Å². The fourth-order valence-electron chi connectivity index (χ4n) is 4.09. The zero-order valence-electron chi connectivity index (χ0n) is 16.7. The molecule has 2 heterocycles. The van der Waals surface area contributed by atoms with Crippen molar-refractivity contribution in [2.24, 2.45) is 11.8 Å². The number of nitrogens with zero attached hydrogens (tertiary/aromatic N) is 1. The Morgan fingerprint density at radius 1 is 1.21 bits per heavy atom. The third kappa shape index (κ3) is 5.47. The van der Waals surface area contributed by atoms with E-state index in [4.69, 9.17) is 0 Å². The molecule has 1 atom stereocenters. The van der Waals surface area contributed by atoms with E-state index in [2.05, 4.69) is 10.6 Å². The van der Waals surface area contributed by atoms with Crippen LogP contribution in [0.15, 0.2) is 23.1 Å². The number of sulfonamides is 1. The van der Waals surface area contributed by atoms with E-state index in [1.807, 2.05) is 26.0 Å². The van der Waals surface area contributed by atoms with Crippen molar-refractivity contribution in [1.82, 2.24) is 14.9 Å². The van der Waals surface area contributed by atoms with Gasteiger partial charge in [0.15, 0.2) is 0 Å². The van der Waals surface area contributed by atoms with E-state index < -0.39 is 10.0 Å². The summed E-state index contributed by atoms with van der Waals surface area (Å²) in [4.78, 5) is 12.8. The van der Waals surface area contributed by atoms with Crippen molar-refractivity contribution in [3.05, 3.63) is 29.3 Å². The predicted molar refractivity (Wildman–Crippen MR) is 113 cm³/mol. The van der Waals surface area contributed by atoms with Crippen LogP contribution < -0.4 is 10.6 Å². The van der Waals surface area contributed by atoms with Crippen LogP contribution in [0.1, 0.15) is 36.8 Å². The van der Waals surface area contributed by atoms with Gasteiger partial charge in [-0.1, -0.05) is 17.7 Å². The number of piperidine rings is 1. The summed E-state index contributed by atoms with van der Waals surface area (Å²) in [5.74, 6) is 0.650. The molecule has 0 saturated carbocycles. The Morgan fingerprint density at radius 3 is 2.54 bits per heavy atom. The molecule has 0 bridgehead atoms. The zero-order chi connectivity index (χ0) is 19.4. The average molecular weight is 430 g/mol. The first-order chi connectivity index (χ1) is 12.9. The minimum Gasteiger partial charge on any atom is -0.356 e. The Kier molecular flexibility index (Phi) is 8.30. The normalized spacial score (nSPS) is 21.3. The summed E-state index contributed by atoms with van der Waals surface area (Å²) in [5.41, 5.74) is 1.83. The molecule has 0 spiro atoms. The van der Waals surface area contributed by atoms with Crippen LogP contribution in [0.5, 0.6) is 0 Å². The van der Waals surface area contributed by atoms with Gasteiger partial charge in [-0.25, -0.2) is 8.42 Å². The minimum absolute atomic E-state index is 0. The van der Waals surface area contributed by atoms with Gasteiger partial charge >= 0.3 is 0 Å². The fourth-order valence-corrected chi connectivity index (χ4v) is 5.77. The highest BCUT2D eigenvalue weighted by atomic mass is 35.5. The third-order valence-electron chi connectivity index (χ3n) is 5.79. The average Bonchev–Trinajstić information content (AvgIpc) is 3.15. The molecule has 8 heteroatoms. The molecule has 2 aliphatic heterocycles. The lowest BCUT2D eigenvalue weighted by atomic mass is 9.97. The molecule has 1 amide bonds. The van der Waals surface area contributed by atoms with Gasteiger partial charge in [0.25, 0.3) is 0 Å². The van der Waals surface area contributed by atoms with Crippen molar-refractivity contribution < 1.29 is 13.2 Å². The molecule has 3 rings (SSSR count). The number of amides is 1. The van der Waals surface area contributed by atoms with E-state index in [0.717, 1.165) is 30.6 Å². The van der Waals surface area contributed by atoms with Crippen LogP contribution in [0.3, 0.4) is 0 Å². The zero-order valence-corrected chi connectivity index (χ0v) is 18.4. The fraction of sp³-hybridized carbons (Fsp3) is 0.650. The molecule has 0 radical (unpaired) electrons. The number of aryl methyl sites for hydroxylation is 2. The summed E-state index contributed by atoms with van der Waals surface area (Å²) in [6.45, 7) is 7.43. The second-order valence-electron chi connectivity index (χ2n) is 7.89. The smallest absolute Gasteiger partial charge is 0.243 e. The molecule has 28 heavy (non-hydrogen) atoms. The largest absolute Gasteiger partial charge is 0.356 e. The maximum absolute atomic E-state index is 12.9. The second-order valence-corrected chi connectivity index (χ2v) is 9.79. The SMILES string of the molecule is Cc1ccc(S(=O)(=O)N2CCC(C(=O)NCCC3CCNC3)CC2)c(C)c1.Cl. The van der Waals surface area contributed by atoms with Crippen LogP contribution in [-0.2, 0) is 14.8 Å². The summed E-state index contributed by atoms with van der Waals surface area (Å²) < 4.78 is 27.4. The van der Waals surface area contributed by atoms with E-state index in [0.29, 0.717) is 43.3 Å². The van der Waals surface area contributed by atoms with Gasteiger partial charge in [-0.15, -0.1) is 12.4 Å². The van der Waals surface area contributed by atoms with Gasteiger partial charge < -0.3 is 10.6 Å². The summed E-state index contributed by atoms with van der Waals surface area (Å²) in [7, 11) is -3.49. The van der Waals surface area contributed by atoms with Crippen molar-refractivity contribution in [1.29, 1.82) is 0 Å². The topological polar surface area (TPSA) is 78.5 Å². The number of halogens is 1. The van der Waals surface area contributed by atoms with Crippen LogP contribution in [0.25, 0.3) is 0 Å². The van der Waals surface area contributed by atoms with E-state index in [9.17, 15) is 13.2 Å². The molecule has 2 fully saturated rings. The third-order valence-corrected chi connectivity index (χ3v) is 7.85. The molecule has 1 aromatic rings. The molecule has 2 N–H and O–H groups in total. The van der Waals surface area contributed by atoms with Crippen LogP contribution in [0.2, 0.25) is 0 Å². The number of carbonyl (C=O) groups is 1. The van der Waals surface area contributed by atoms with Gasteiger partial charge in [-0.2, -0.15) is 4.31 Å². The standard InChI is InChI=1S/C20H31N3O3S.ClH/c1-15-3-4-19(16(2)13-15)27(25,26)23-11-7-18(8-12-23)20(24)22-10-6-17-5-9-21-14-17;/h3-4,13,17-18,21H,5-12,14H2,1-2H3,(H,22,24);1H. The highest BCUT2D eigenvalue weighted by Crippen LogP contribution is 2.26. The highest BCUT2D eigenvalue weighted by molar-refractivity contribution is 7.89. The van der Waals surface area contributed by atoms with Gasteiger partial charge in [-0.05, 0) is 70.2 Å². The van der Waals surface area contributed by atoms with Crippen molar-refractivity contribution in [2.75, 3.05) is 32.7 Å². The first-order valence-electron chi connectivity index (χ1n) is 9.94. The van der Waals surface area contributed by atoms with Crippen molar-refractivity contribution in [3.8, 4) is 0 Å². The number of hydrogen-bond donors (Lipinski definition) is 2. The predicted octanol–water partition coefficient (Wildman–Crippen LogP) is 2.24. The summed E-state index contributed by atoms with van der Waals surface area (Å²) in [6, 6.07) is 5.42. The lowest BCUT2D eigenvalue weighted by Gasteiger charge is -2.31. The van der Waals surface area contributed by atoms with Crippen LogP contribution in [-0.4, -0.2) is 51.4 Å². The molecule has 158 valence electrons. The van der Waals surface area contributed by atoms with Gasteiger partial charge in [0, 0.05) is 25.6 Å². The molecule has 6 nitrogen and oxygen atoms in total. The monoisotopic (exact) mass is 429 g/mol. The first kappa shape index (κ1) is 23.1. The lowest BCUT2D eigenvalue weighted by molar-refractivity contribution is -0.126. The summed E-state index contributed by atoms with van der Waals surface area (Å²) in [6.07, 6.45) is 3.37. The molecule has 2 aliphatic rings. The highest BCUT2D eigenvalue weighted by Gasteiger charge is 2.32. The molecule has 1 aromatic carbocycles. The van der Waals surface area contributed by atoms with Crippen LogP contribution in [0.4, 0.5) is 0 Å². The molecular weight excluding hydrogens is 398 g/mol. The van der Waals surface area contributed by atoms with E-state index in [1.54, 1.807) is 6.07 Å². The van der Waals surface area contributed by atoms with E-state index in [1.165, 1.54) is 10.7 Å². The maximum atomic E-state index is 12.9. The number of nitrogens with one attached hydrogen (secondary N) is 2. The van der Waals surface area contributed by atoms with Crippen molar-refractivity contribution in [2.45, 2.75) is 44.4 Å². The van der Waals surface area contributed by atoms with Crippen molar-refractivity contribution in [3.63, 3.8) is 0 Å².